The van der Waals surface area contributed by atoms with Crippen molar-refractivity contribution in [2.75, 3.05) is 19.6 Å². The fraction of sp³-hybridized carbons (Fsp3) is 0.480. The third-order valence-electron chi connectivity index (χ3n) is 7.11. The smallest absolute Gasteiger partial charge is 0.302 e. The van der Waals surface area contributed by atoms with Gasteiger partial charge in [-0.3, -0.25) is 24.0 Å². The average molecular weight is 544 g/mol. The monoisotopic (exact) mass is 543 g/mol. The van der Waals surface area contributed by atoms with E-state index in [9.17, 15) is 28.4 Å². The molecule has 1 spiro atoms. The topological polar surface area (TPSA) is 170 Å². The standard InChI is InChI=1S/C25H30FN7O6/c1-14-20(29-30-33(14)11-17-7-4-5-8-18(17)26)23(37)32-10-6-9-25(32)13-31(24(25)38)12-19(35)28-21(22(27)36)15(2)39-16(3)34/h4-5,7-8,15,21H,6,9-13H2,1-3H3,(H2,27,36)(H,28,35). The third kappa shape index (κ3) is 5.31. The van der Waals surface area contributed by atoms with Crippen LogP contribution in [0.4, 0.5) is 4.39 Å². The minimum absolute atomic E-state index is 0.0698. The van der Waals surface area contributed by atoms with E-state index in [0.717, 1.165) is 6.92 Å². The number of aromatic nitrogens is 3. The molecule has 0 radical (unpaired) electrons. The molecule has 208 valence electrons. The van der Waals surface area contributed by atoms with Gasteiger partial charge in [-0.2, -0.15) is 0 Å². The molecule has 0 saturated carbocycles. The molecule has 0 bridgehead atoms. The van der Waals surface area contributed by atoms with Gasteiger partial charge in [0.25, 0.3) is 11.8 Å². The van der Waals surface area contributed by atoms with Crippen LogP contribution >= 0.6 is 0 Å². The molecule has 0 aliphatic carbocycles. The van der Waals surface area contributed by atoms with E-state index < -0.39 is 53.1 Å². The van der Waals surface area contributed by atoms with Crippen molar-refractivity contribution in [1.82, 2.24) is 30.1 Å². The van der Waals surface area contributed by atoms with Crippen LogP contribution in [0.5, 0.6) is 0 Å². The molecule has 2 aromatic rings. The van der Waals surface area contributed by atoms with E-state index in [-0.39, 0.29) is 25.3 Å². The number of hydrogen-bond donors (Lipinski definition) is 2. The summed E-state index contributed by atoms with van der Waals surface area (Å²) in [5.74, 6) is -3.46. The maximum Gasteiger partial charge on any atom is 0.302 e. The number of carbonyl (C=O) groups excluding carboxylic acids is 5. The Labute approximate surface area is 223 Å². The van der Waals surface area contributed by atoms with Crippen LogP contribution in [0.25, 0.3) is 0 Å². The fourth-order valence-electron chi connectivity index (χ4n) is 5.11. The summed E-state index contributed by atoms with van der Waals surface area (Å²) in [7, 11) is 0. The summed E-state index contributed by atoms with van der Waals surface area (Å²) in [5, 5.41) is 10.4. The number of nitrogens with zero attached hydrogens (tertiary/aromatic N) is 5. The number of hydrogen-bond acceptors (Lipinski definition) is 8. The Hall–Kier alpha value is -4.36. The van der Waals surface area contributed by atoms with Gasteiger partial charge in [-0.1, -0.05) is 23.4 Å². The van der Waals surface area contributed by atoms with Gasteiger partial charge >= 0.3 is 5.97 Å². The summed E-state index contributed by atoms with van der Waals surface area (Å²) in [6, 6.07) is 4.97. The SMILES string of the molecule is CC(=O)OC(C)C(NC(=O)CN1CC2(CCCN2C(=O)c2nnn(Cc3ccccc3F)c2C)C1=O)C(N)=O. The largest absolute Gasteiger partial charge is 0.460 e. The highest BCUT2D eigenvalue weighted by Crippen LogP contribution is 2.39. The molecule has 13 nitrogen and oxygen atoms in total. The molecule has 2 saturated heterocycles. The highest BCUT2D eigenvalue weighted by molar-refractivity contribution is 6.03. The number of amides is 4. The van der Waals surface area contributed by atoms with Crippen LogP contribution in [0, 0.1) is 12.7 Å². The Morgan fingerprint density at radius 3 is 2.62 bits per heavy atom. The van der Waals surface area contributed by atoms with Gasteiger partial charge in [0.05, 0.1) is 25.3 Å². The molecule has 2 aliphatic rings. The van der Waals surface area contributed by atoms with Crippen molar-refractivity contribution in [2.24, 2.45) is 5.73 Å². The van der Waals surface area contributed by atoms with Gasteiger partial charge in [-0.05, 0) is 32.8 Å². The Bertz CT molecular complexity index is 1330. The van der Waals surface area contributed by atoms with Gasteiger partial charge in [0.2, 0.25) is 11.8 Å². The zero-order valence-corrected chi connectivity index (χ0v) is 21.8. The molecule has 14 heteroatoms. The molecule has 39 heavy (non-hydrogen) atoms. The van der Waals surface area contributed by atoms with Crippen molar-refractivity contribution in [2.45, 2.75) is 57.8 Å². The predicted octanol–water partition coefficient (Wildman–Crippen LogP) is -0.487. The first-order chi connectivity index (χ1) is 18.4. The number of nitrogens with one attached hydrogen (secondary N) is 1. The molecule has 3 atom stereocenters. The summed E-state index contributed by atoms with van der Waals surface area (Å²) < 4.78 is 20.5. The quantitative estimate of drug-likeness (QED) is 0.315. The first-order valence-electron chi connectivity index (χ1n) is 12.5. The molecule has 3 N–H and O–H groups in total. The lowest BCUT2D eigenvalue weighted by Crippen LogP contribution is -2.74. The van der Waals surface area contributed by atoms with Gasteiger partial charge in [0.1, 0.15) is 23.5 Å². The van der Waals surface area contributed by atoms with E-state index in [0.29, 0.717) is 30.6 Å². The number of primary amides is 1. The lowest BCUT2D eigenvalue weighted by atomic mass is 9.85. The first-order valence-corrected chi connectivity index (χ1v) is 12.5. The van der Waals surface area contributed by atoms with Gasteiger partial charge in [-0.15, -0.1) is 5.10 Å². The minimum atomic E-state index is -1.27. The number of halogens is 1. The molecule has 4 rings (SSSR count). The van der Waals surface area contributed by atoms with Crippen LogP contribution in [-0.2, 0) is 30.5 Å². The van der Waals surface area contributed by atoms with Gasteiger partial charge in [0.15, 0.2) is 5.69 Å². The lowest BCUT2D eigenvalue weighted by molar-refractivity contribution is -0.161. The second-order valence-electron chi connectivity index (χ2n) is 9.79. The summed E-state index contributed by atoms with van der Waals surface area (Å²) >= 11 is 0. The lowest BCUT2D eigenvalue weighted by Gasteiger charge is -2.50. The minimum Gasteiger partial charge on any atom is -0.460 e. The van der Waals surface area contributed by atoms with E-state index in [1.807, 2.05) is 0 Å². The average Bonchev–Trinajstić information content (AvgIpc) is 3.48. The molecule has 1 aromatic carbocycles. The molecule has 2 fully saturated rings. The van der Waals surface area contributed by atoms with Gasteiger partial charge in [0, 0.05) is 19.0 Å². The number of ether oxygens (including phenoxy) is 1. The zero-order valence-electron chi connectivity index (χ0n) is 21.8. The Morgan fingerprint density at radius 1 is 1.26 bits per heavy atom. The van der Waals surface area contributed by atoms with Crippen molar-refractivity contribution < 1.29 is 33.1 Å². The second-order valence-corrected chi connectivity index (χ2v) is 9.79. The molecule has 3 unspecified atom stereocenters. The summed E-state index contributed by atoms with van der Waals surface area (Å²) in [4.78, 5) is 65.0. The fourth-order valence-corrected chi connectivity index (χ4v) is 5.11. The Kier molecular flexibility index (Phi) is 7.65. The molecule has 4 amide bonds. The van der Waals surface area contributed by atoms with Crippen molar-refractivity contribution in [3.05, 3.63) is 47.0 Å². The summed E-state index contributed by atoms with van der Waals surface area (Å²) in [6.45, 7) is 4.40. The van der Waals surface area contributed by atoms with Crippen LogP contribution in [0.2, 0.25) is 0 Å². The van der Waals surface area contributed by atoms with E-state index in [1.54, 1.807) is 25.1 Å². The molecular weight excluding hydrogens is 513 g/mol. The normalized spacial score (nSPS) is 19.9. The van der Waals surface area contributed by atoms with Crippen LogP contribution in [0.3, 0.4) is 0 Å². The Morgan fingerprint density at radius 2 is 1.97 bits per heavy atom. The van der Waals surface area contributed by atoms with E-state index in [2.05, 4.69) is 15.6 Å². The van der Waals surface area contributed by atoms with Gasteiger partial charge in [-0.25, -0.2) is 9.07 Å². The molecule has 1 aromatic heterocycles. The Balaban J connectivity index is 1.41. The van der Waals surface area contributed by atoms with Crippen LogP contribution in [0.1, 0.15) is 48.4 Å². The molecule has 3 heterocycles. The van der Waals surface area contributed by atoms with Crippen LogP contribution < -0.4 is 11.1 Å². The molecular formula is C25H30FN7O6. The van der Waals surface area contributed by atoms with E-state index in [4.69, 9.17) is 10.5 Å². The number of β-lactam (4-membered cyclic amide) rings is 1. The van der Waals surface area contributed by atoms with Crippen LogP contribution in [-0.4, -0.2) is 91.7 Å². The maximum absolute atomic E-state index is 14.1. The van der Waals surface area contributed by atoms with Crippen molar-refractivity contribution in [1.29, 1.82) is 0 Å². The highest BCUT2D eigenvalue weighted by atomic mass is 19.1. The zero-order chi connectivity index (χ0) is 28.5. The number of benzene rings is 1. The number of rotatable bonds is 9. The maximum atomic E-state index is 14.1. The van der Waals surface area contributed by atoms with Crippen LogP contribution in [0.15, 0.2) is 24.3 Å². The van der Waals surface area contributed by atoms with Crippen molar-refractivity contribution in [3.63, 3.8) is 0 Å². The van der Waals surface area contributed by atoms with Crippen molar-refractivity contribution in [3.8, 4) is 0 Å². The van der Waals surface area contributed by atoms with Gasteiger partial charge < -0.3 is 25.6 Å². The number of nitrogens with two attached hydrogens (primary N) is 1. The number of esters is 1. The van der Waals surface area contributed by atoms with Crippen molar-refractivity contribution >= 4 is 29.6 Å². The summed E-state index contributed by atoms with van der Waals surface area (Å²) in [5.41, 5.74) is 5.13. The molecule has 2 aliphatic heterocycles. The highest BCUT2D eigenvalue weighted by Gasteiger charge is 2.60. The number of carbonyl (C=O) groups is 5. The summed E-state index contributed by atoms with van der Waals surface area (Å²) in [6.07, 6.45) is 0.00935. The predicted molar refractivity (Wildman–Crippen MR) is 132 cm³/mol. The first kappa shape index (κ1) is 27.7. The second kappa shape index (κ2) is 10.8. The number of likely N-dealkylation sites (tertiary alicyclic amines) is 2. The van der Waals surface area contributed by atoms with E-state index >= 15 is 0 Å². The third-order valence-corrected chi connectivity index (χ3v) is 7.11. The van der Waals surface area contributed by atoms with E-state index in [1.165, 1.54) is 27.5 Å².